The van der Waals surface area contributed by atoms with Crippen LogP contribution in [-0.4, -0.2) is 36.4 Å². The maximum atomic E-state index is 12.7. The van der Waals surface area contributed by atoms with Crippen LogP contribution in [0.25, 0.3) is 10.2 Å². The van der Waals surface area contributed by atoms with Crippen LogP contribution in [0.2, 0.25) is 0 Å². The van der Waals surface area contributed by atoms with E-state index >= 15 is 0 Å². The lowest BCUT2D eigenvalue weighted by Gasteiger charge is -2.06. The van der Waals surface area contributed by atoms with Crippen molar-refractivity contribution >= 4 is 50.8 Å². The zero-order valence-electron chi connectivity index (χ0n) is 15.9. The van der Waals surface area contributed by atoms with Crippen molar-refractivity contribution in [3.63, 3.8) is 0 Å². The van der Waals surface area contributed by atoms with Crippen molar-refractivity contribution in [2.45, 2.75) is 18.4 Å². The zero-order valence-corrected chi connectivity index (χ0v) is 17.5. The van der Waals surface area contributed by atoms with Crippen LogP contribution in [0, 0.1) is 0 Å². The second kappa shape index (κ2) is 9.18. The van der Waals surface area contributed by atoms with Crippen LogP contribution in [-0.2, 0) is 16.1 Å². The number of thioether (sulfide) groups is 1. The van der Waals surface area contributed by atoms with E-state index in [1.807, 2.05) is 47.2 Å². The van der Waals surface area contributed by atoms with Gasteiger partial charge in [0.2, 0.25) is 5.91 Å². The molecule has 0 unspecified atom stereocenters. The van der Waals surface area contributed by atoms with E-state index in [1.165, 1.54) is 18.3 Å². The number of aromatic nitrogens is 1. The van der Waals surface area contributed by atoms with Crippen LogP contribution >= 0.6 is 23.1 Å². The van der Waals surface area contributed by atoms with Gasteiger partial charge in [0.05, 0.1) is 16.8 Å². The molecule has 0 bridgehead atoms. The van der Waals surface area contributed by atoms with Gasteiger partial charge >= 0.3 is 0 Å². The van der Waals surface area contributed by atoms with Gasteiger partial charge in [-0.2, -0.15) is 4.99 Å². The van der Waals surface area contributed by atoms with E-state index < -0.39 is 0 Å². The molecule has 6 nitrogen and oxygen atoms in total. The number of anilines is 1. The first kappa shape index (κ1) is 20.3. The first-order chi connectivity index (χ1) is 13.5. The molecule has 0 saturated heterocycles. The molecule has 0 spiro atoms. The molecule has 0 saturated carbocycles. The summed E-state index contributed by atoms with van der Waals surface area (Å²) in [6.45, 7) is 2.55. The fourth-order valence-electron chi connectivity index (χ4n) is 2.75. The monoisotopic (exact) mass is 415 g/mol. The number of amides is 2. The van der Waals surface area contributed by atoms with Crippen molar-refractivity contribution in [3.8, 4) is 0 Å². The number of hydrogen-bond donors (Lipinski definition) is 1. The SMILES string of the molecule is COCCn1c(=NC(=O)c2cccc(SC)c2)sc2cc(NC(C)=O)ccc21. The molecule has 0 aliphatic heterocycles. The Hall–Kier alpha value is -2.42. The standard InChI is InChI=1S/C20H21N3O3S2/c1-13(24)21-15-7-8-17-18(12-15)28-20(23(17)9-10-26-2)22-19(25)14-5-4-6-16(11-14)27-3/h4-8,11-12H,9-10H2,1-3H3,(H,21,24). The number of nitrogens with one attached hydrogen (secondary N) is 1. The molecular weight excluding hydrogens is 394 g/mol. The topological polar surface area (TPSA) is 72.7 Å². The second-order valence-electron chi connectivity index (χ2n) is 6.04. The molecular formula is C20H21N3O3S2. The van der Waals surface area contributed by atoms with Gasteiger partial charge in [0.1, 0.15) is 0 Å². The highest BCUT2D eigenvalue weighted by molar-refractivity contribution is 7.98. The van der Waals surface area contributed by atoms with Gasteiger partial charge in [-0.1, -0.05) is 17.4 Å². The van der Waals surface area contributed by atoms with Crippen molar-refractivity contribution < 1.29 is 14.3 Å². The van der Waals surface area contributed by atoms with Gasteiger partial charge in [-0.3, -0.25) is 9.59 Å². The van der Waals surface area contributed by atoms with Gasteiger partial charge < -0.3 is 14.6 Å². The van der Waals surface area contributed by atoms with Gasteiger partial charge in [0.25, 0.3) is 5.91 Å². The van der Waals surface area contributed by atoms with E-state index in [9.17, 15) is 9.59 Å². The lowest BCUT2D eigenvalue weighted by Crippen LogP contribution is -2.19. The molecule has 0 aliphatic carbocycles. The largest absolute Gasteiger partial charge is 0.383 e. The number of thiazole rings is 1. The molecule has 0 aliphatic rings. The van der Waals surface area contributed by atoms with E-state index in [4.69, 9.17) is 4.74 Å². The Bertz CT molecular complexity index is 1090. The second-order valence-corrected chi connectivity index (χ2v) is 7.93. The van der Waals surface area contributed by atoms with Crippen LogP contribution in [0.15, 0.2) is 52.4 Å². The predicted molar refractivity (Wildman–Crippen MR) is 114 cm³/mol. The maximum absolute atomic E-state index is 12.7. The fourth-order valence-corrected chi connectivity index (χ4v) is 4.30. The quantitative estimate of drug-likeness (QED) is 0.622. The summed E-state index contributed by atoms with van der Waals surface area (Å²) >= 11 is 3.00. The summed E-state index contributed by atoms with van der Waals surface area (Å²) in [6.07, 6.45) is 1.97. The van der Waals surface area contributed by atoms with Crippen molar-refractivity contribution in [3.05, 3.63) is 52.8 Å². The number of fused-ring (bicyclic) bond motifs is 1. The first-order valence-corrected chi connectivity index (χ1v) is 10.7. The molecule has 1 aromatic heterocycles. The van der Waals surface area contributed by atoms with Crippen LogP contribution in [0.4, 0.5) is 5.69 Å². The maximum Gasteiger partial charge on any atom is 0.279 e. The number of methoxy groups -OCH3 is 1. The van der Waals surface area contributed by atoms with E-state index in [-0.39, 0.29) is 11.8 Å². The van der Waals surface area contributed by atoms with Crippen molar-refractivity contribution in [1.82, 2.24) is 4.57 Å². The first-order valence-electron chi connectivity index (χ1n) is 8.65. The third-order valence-corrected chi connectivity index (χ3v) is 5.80. The third-order valence-electron chi connectivity index (χ3n) is 4.04. The summed E-state index contributed by atoms with van der Waals surface area (Å²) in [5.41, 5.74) is 2.22. The number of nitrogens with zero attached hydrogens (tertiary/aromatic N) is 2. The summed E-state index contributed by atoms with van der Waals surface area (Å²) in [7, 11) is 1.64. The van der Waals surface area contributed by atoms with Crippen LogP contribution in [0.5, 0.6) is 0 Å². The van der Waals surface area contributed by atoms with Gasteiger partial charge in [-0.25, -0.2) is 0 Å². The molecule has 1 N–H and O–H groups in total. The molecule has 0 radical (unpaired) electrons. The molecule has 0 fully saturated rings. The highest BCUT2D eigenvalue weighted by Gasteiger charge is 2.11. The Balaban J connectivity index is 2.07. The van der Waals surface area contributed by atoms with Crippen molar-refractivity contribution in [1.29, 1.82) is 0 Å². The van der Waals surface area contributed by atoms with Crippen LogP contribution < -0.4 is 10.1 Å². The number of hydrogen-bond acceptors (Lipinski definition) is 5. The Kier molecular flexibility index (Phi) is 6.66. The summed E-state index contributed by atoms with van der Waals surface area (Å²) in [4.78, 5) is 30.0. The van der Waals surface area contributed by atoms with Gasteiger partial charge in [-0.15, -0.1) is 11.8 Å². The Labute approximate surface area is 171 Å². The Morgan fingerprint density at radius 1 is 1.25 bits per heavy atom. The molecule has 3 aromatic rings. The van der Waals surface area contributed by atoms with Gasteiger partial charge in [-0.05, 0) is 42.7 Å². The zero-order chi connectivity index (χ0) is 20.1. The van der Waals surface area contributed by atoms with Crippen molar-refractivity contribution in [2.24, 2.45) is 4.99 Å². The molecule has 2 aromatic carbocycles. The van der Waals surface area contributed by atoms with Gasteiger partial charge in [0.15, 0.2) is 4.80 Å². The molecule has 146 valence electrons. The highest BCUT2D eigenvalue weighted by Crippen LogP contribution is 2.22. The Morgan fingerprint density at radius 3 is 2.79 bits per heavy atom. The van der Waals surface area contributed by atoms with Crippen LogP contribution in [0.1, 0.15) is 17.3 Å². The fraction of sp³-hybridized carbons (Fsp3) is 0.250. The minimum absolute atomic E-state index is 0.128. The predicted octanol–water partition coefficient (Wildman–Crippen LogP) is 3.77. The number of carbonyl (C=O) groups is 2. The van der Waals surface area contributed by atoms with E-state index in [0.29, 0.717) is 29.2 Å². The molecule has 3 rings (SSSR count). The minimum Gasteiger partial charge on any atom is -0.383 e. The number of carbonyl (C=O) groups excluding carboxylic acids is 2. The minimum atomic E-state index is -0.282. The normalized spacial score (nSPS) is 11.8. The summed E-state index contributed by atoms with van der Waals surface area (Å²) in [5.74, 6) is -0.410. The summed E-state index contributed by atoms with van der Waals surface area (Å²) < 4.78 is 8.12. The van der Waals surface area contributed by atoms with Gasteiger partial charge in [0, 0.05) is 36.7 Å². The number of benzene rings is 2. The number of ether oxygens (including phenoxy) is 1. The van der Waals surface area contributed by atoms with E-state index in [1.54, 1.807) is 24.9 Å². The molecule has 2 amide bonds. The lowest BCUT2D eigenvalue weighted by atomic mass is 10.2. The molecule has 1 heterocycles. The van der Waals surface area contributed by atoms with E-state index in [2.05, 4.69) is 10.3 Å². The van der Waals surface area contributed by atoms with Crippen molar-refractivity contribution in [2.75, 3.05) is 25.3 Å². The molecule has 28 heavy (non-hydrogen) atoms. The smallest absolute Gasteiger partial charge is 0.279 e. The van der Waals surface area contributed by atoms with Crippen LogP contribution in [0.3, 0.4) is 0 Å². The average Bonchev–Trinajstić information content (AvgIpc) is 3.01. The number of rotatable bonds is 6. The lowest BCUT2D eigenvalue weighted by molar-refractivity contribution is -0.114. The van der Waals surface area contributed by atoms with E-state index in [0.717, 1.165) is 15.1 Å². The average molecular weight is 416 g/mol. The summed E-state index contributed by atoms with van der Waals surface area (Å²) in [6, 6.07) is 13.1. The Morgan fingerprint density at radius 2 is 2.07 bits per heavy atom. The molecule has 8 heteroatoms. The third kappa shape index (κ3) is 4.70. The molecule has 0 atom stereocenters. The summed E-state index contributed by atoms with van der Waals surface area (Å²) in [5, 5.41) is 2.78. The highest BCUT2D eigenvalue weighted by atomic mass is 32.2.